The van der Waals surface area contributed by atoms with Crippen molar-refractivity contribution in [3.8, 4) is 18.1 Å². The maximum absolute atomic E-state index is 13.5. The molecule has 6 nitrogen and oxygen atoms in total. The van der Waals surface area contributed by atoms with E-state index in [-0.39, 0.29) is 22.0 Å². The van der Waals surface area contributed by atoms with Crippen LogP contribution in [0.1, 0.15) is 15.9 Å². The second-order valence-electron chi connectivity index (χ2n) is 6.82. The Kier molecular flexibility index (Phi) is 7.44. The van der Waals surface area contributed by atoms with Crippen molar-refractivity contribution in [2.45, 2.75) is 4.90 Å². The molecule has 168 valence electrons. The van der Waals surface area contributed by atoms with E-state index in [1.165, 1.54) is 31.4 Å². The highest BCUT2D eigenvalue weighted by atomic mass is 35.5. The lowest BCUT2D eigenvalue weighted by atomic mass is 10.2. The lowest BCUT2D eigenvalue weighted by Gasteiger charge is -2.25. The maximum atomic E-state index is 13.5. The summed E-state index contributed by atoms with van der Waals surface area (Å²) in [4.78, 5) is 12.8. The second-order valence-corrected chi connectivity index (χ2v) is 9.09. The number of nitrogens with zero attached hydrogens (tertiary/aromatic N) is 1. The standard InChI is InChI=1S/C25H21ClN2O4S/c1-4-15-28(23-11-6-7-12-24(23)32-3)33(30,31)20-13-14-22(26)21(17-20)25(29)27-19-10-8-9-18(5-2)16-19/h2,4,6-14,16-17H,1,15H2,3H3,(H,27,29). The number of anilines is 2. The quantitative estimate of drug-likeness (QED) is 0.365. The van der Waals surface area contributed by atoms with Gasteiger partial charge in [0.15, 0.2) is 0 Å². The van der Waals surface area contributed by atoms with E-state index < -0.39 is 15.9 Å². The number of hydrogen-bond acceptors (Lipinski definition) is 4. The molecule has 0 aliphatic rings. The molecule has 0 saturated carbocycles. The molecule has 0 aromatic heterocycles. The highest BCUT2D eigenvalue weighted by molar-refractivity contribution is 7.92. The SMILES string of the molecule is C#Cc1cccc(NC(=O)c2cc(S(=O)(=O)N(CC=C)c3ccccc3OC)ccc2Cl)c1. The van der Waals surface area contributed by atoms with Crippen molar-refractivity contribution >= 4 is 38.9 Å². The number of rotatable bonds is 8. The Morgan fingerprint density at radius 3 is 2.64 bits per heavy atom. The minimum atomic E-state index is -4.09. The number of benzene rings is 3. The fraction of sp³-hybridized carbons (Fsp3) is 0.0800. The van der Waals surface area contributed by atoms with Crippen LogP contribution in [0, 0.1) is 12.3 Å². The van der Waals surface area contributed by atoms with E-state index in [0.29, 0.717) is 22.7 Å². The van der Waals surface area contributed by atoms with Gasteiger partial charge in [0.05, 0.1) is 34.8 Å². The summed E-state index contributed by atoms with van der Waals surface area (Å²) < 4.78 is 33.6. The molecule has 0 saturated heterocycles. The fourth-order valence-corrected chi connectivity index (χ4v) is 4.81. The molecule has 8 heteroatoms. The van der Waals surface area contributed by atoms with Crippen LogP contribution in [0.25, 0.3) is 0 Å². The number of methoxy groups -OCH3 is 1. The summed E-state index contributed by atoms with van der Waals surface area (Å²) in [6.07, 6.45) is 6.87. The Hall–Kier alpha value is -3.73. The van der Waals surface area contributed by atoms with Crippen LogP contribution in [-0.4, -0.2) is 28.0 Å². The van der Waals surface area contributed by atoms with Gasteiger partial charge < -0.3 is 10.1 Å². The van der Waals surface area contributed by atoms with Crippen LogP contribution in [0.3, 0.4) is 0 Å². The Labute approximate surface area is 198 Å². The van der Waals surface area contributed by atoms with Gasteiger partial charge in [-0.25, -0.2) is 8.42 Å². The van der Waals surface area contributed by atoms with Gasteiger partial charge in [0, 0.05) is 11.3 Å². The molecule has 3 rings (SSSR count). The Morgan fingerprint density at radius 1 is 1.18 bits per heavy atom. The van der Waals surface area contributed by atoms with Gasteiger partial charge in [0.1, 0.15) is 5.75 Å². The Bertz CT molecular complexity index is 1350. The average molecular weight is 481 g/mol. The number of para-hydroxylation sites is 2. The molecule has 0 atom stereocenters. The second kappa shape index (κ2) is 10.3. The summed E-state index contributed by atoms with van der Waals surface area (Å²) in [6.45, 7) is 3.66. The summed E-state index contributed by atoms with van der Waals surface area (Å²) in [6, 6.07) is 17.4. The predicted octanol–water partition coefficient (Wildman–Crippen LogP) is 4.96. The first kappa shape index (κ1) is 23.9. The van der Waals surface area contributed by atoms with E-state index in [1.54, 1.807) is 48.5 Å². The number of ether oxygens (including phenoxy) is 1. The lowest BCUT2D eigenvalue weighted by molar-refractivity contribution is 0.102. The summed E-state index contributed by atoms with van der Waals surface area (Å²) in [5, 5.41) is 2.80. The predicted molar refractivity (Wildman–Crippen MR) is 132 cm³/mol. The fourth-order valence-electron chi connectivity index (χ4n) is 3.13. The van der Waals surface area contributed by atoms with E-state index in [0.717, 1.165) is 4.31 Å². The third-order valence-electron chi connectivity index (χ3n) is 4.71. The minimum Gasteiger partial charge on any atom is -0.495 e. The van der Waals surface area contributed by atoms with Crippen molar-refractivity contribution in [2.75, 3.05) is 23.3 Å². The topological polar surface area (TPSA) is 75.7 Å². The van der Waals surface area contributed by atoms with Crippen LogP contribution in [0.2, 0.25) is 5.02 Å². The maximum Gasteiger partial charge on any atom is 0.264 e. The molecule has 0 spiro atoms. The summed E-state index contributed by atoms with van der Waals surface area (Å²) in [5.41, 5.74) is 1.39. The zero-order valence-electron chi connectivity index (χ0n) is 17.8. The third-order valence-corrected chi connectivity index (χ3v) is 6.81. The van der Waals surface area contributed by atoms with Crippen LogP contribution in [0.5, 0.6) is 5.75 Å². The summed E-state index contributed by atoms with van der Waals surface area (Å²) in [7, 11) is -2.63. The molecular formula is C25H21ClN2O4S. The highest BCUT2D eigenvalue weighted by Gasteiger charge is 2.28. The molecule has 0 heterocycles. The van der Waals surface area contributed by atoms with Crippen LogP contribution in [-0.2, 0) is 10.0 Å². The number of hydrogen-bond donors (Lipinski definition) is 1. The number of sulfonamides is 1. The number of terminal acetylenes is 1. The molecule has 3 aromatic carbocycles. The van der Waals surface area contributed by atoms with Gasteiger partial charge in [-0.3, -0.25) is 9.10 Å². The van der Waals surface area contributed by atoms with Gasteiger partial charge >= 0.3 is 0 Å². The first-order valence-electron chi connectivity index (χ1n) is 9.76. The summed E-state index contributed by atoms with van der Waals surface area (Å²) in [5.74, 6) is 2.30. The Balaban J connectivity index is 2.01. The number of nitrogens with one attached hydrogen (secondary N) is 1. The van der Waals surface area contributed by atoms with E-state index in [9.17, 15) is 13.2 Å². The molecule has 0 aliphatic carbocycles. The molecule has 0 bridgehead atoms. The number of amides is 1. The number of carbonyl (C=O) groups excluding carboxylic acids is 1. The number of halogens is 1. The van der Waals surface area contributed by atoms with E-state index in [2.05, 4.69) is 17.8 Å². The highest BCUT2D eigenvalue weighted by Crippen LogP contribution is 2.33. The molecule has 33 heavy (non-hydrogen) atoms. The van der Waals surface area contributed by atoms with Crippen molar-refractivity contribution in [2.24, 2.45) is 0 Å². The molecule has 0 unspecified atom stereocenters. The average Bonchev–Trinajstić information content (AvgIpc) is 2.82. The zero-order chi connectivity index (χ0) is 24.0. The van der Waals surface area contributed by atoms with Crippen LogP contribution < -0.4 is 14.4 Å². The molecule has 1 N–H and O–H groups in total. The molecule has 3 aromatic rings. The molecule has 0 fully saturated rings. The van der Waals surface area contributed by atoms with Gasteiger partial charge in [-0.05, 0) is 48.5 Å². The first-order valence-corrected chi connectivity index (χ1v) is 11.6. The van der Waals surface area contributed by atoms with Crippen molar-refractivity contribution in [3.63, 3.8) is 0 Å². The third kappa shape index (κ3) is 5.20. The van der Waals surface area contributed by atoms with Crippen molar-refractivity contribution < 1.29 is 17.9 Å². The van der Waals surface area contributed by atoms with Crippen molar-refractivity contribution in [3.05, 3.63) is 95.5 Å². The van der Waals surface area contributed by atoms with Gasteiger partial charge in [-0.1, -0.05) is 41.8 Å². The first-order chi connectivity index (χ1) is 15.8. The largest absolute Gasteiger partial charge is 0.495 e. The van der Waals surface area contributed by atoms with Gasteiger partial charge in [-0.2, -0.15) is 0 Å². The molecule has 0 aliphatic heterocycles. The molecule has 1 amide bonds. The van der Waals surface area contributed by atoms with Crippen molar-refractivity contribution in [1.82, 2.24) is 0 Å². The normalized spacial score (nSPS) is 10.7. The number of carbonyl (C=O) groups is 1. The summed E-state index contributed by atoms with van der Waals surface area (Å²) >= 11 is 6.23. The van der Waals surface area contributed by atoms with E-state index >= 15 is 0 Å². The van der Waals surface area contributed by atoms with Gasteiger partial charge in [0.2, 0.25) is 0 Å². The molecule has 0 radical (unpaired) electrons. The van der Waals surface area contributed by atoms with Crippen LogP contribution >= 0.6 is 11.6 Å². The smallest absolute Gasteiger partial charge is 0.264 e. The van der Waals surface area contributed by atoms with Gasteiger partial charge in [-0.15, -0.1) is 13.0 Å². The molecular weight excluding hydrogens is 460 g/mol. The van der Waals surface area contributed by atoms with Gasteiger partial charge in [0.25, 0.3) is 15.9 Å². The zero-order valence-corrected chi connectivity index (χ0v) is 19.4. The van der Waals surface area contributed by atoms with Crippen molar-refractivity contribution in [1.29, 1.82) is 0 Å². The lowest BCUT2D eigenvalue weighted by Crippen LogP contribution is -2.31. The van der Waals surface area contributed by atoms with E-state index in [1.807, 2.05) is 0 Å². The monoisotopic (exact) mass is 480 g/mol. The van der Waals surface area contributed by atoms with Crippen LogP contribution in [0.4, 0.5) is 11.4 Å². The minimum absolute atomic E-state index is 0.00225. The van der Waals surface area contributed by atoms with E-state index in [4.69, 9.17) is 22.8 Å². The van der Waals surface area contributed by atoms with Crippen LogP contribution in [0.15, 0.2) is 84.3 Å². The Morgan fingerprint density at radius 2 is 1.94 bits per heavy atom.